The number of aryl methyl sites for hydroxylation is 1. The van der Waals surface area contributed by atoms with Gasteiger partial charge in [0.25, 0.3) is 0 Å². The Morgan fingerprint density at radius 3 is 2.76 bits per heavy atom. The van der Waals surface area contributed by atoms with Crippen LogP contribution in [-0.2, 0) is 6.42 Å². The first-order valence-corrected chi connectivity index (χ1v) is 6.85. The molecule has 0 fully saturated rings. The van der Waals surface area contributed by atoms with Crippen LogP contribution >= 0.6 is 27.3 Å². The maximum atomic E-state index is 13.0. The van der Waals surface area contributed by atoms with Gasteiger partial charge in [0, 0.05) is 11.3 Å². The summed E-state index contributed by atoms with van der Waals surface area (Å²) in [5.74, 6) is -0.266. The summed E-state index contributed by atoms with van der Waals surface area (Å²) in [4.78, 5) is 0.902. The number of hydrogen-bond donors (Lipinski definition) is 1. The monoisotopic (exact) mass is 314 g/mol. The van der Waals surface area contributed by atoms with Gasteiger partial charge in [-0.05, 0) is 52.2 Å². The van der Waals surface area contributed by atoms with Crippen LogP contribution in [0.25, 0.3) is 0 Å². The van der Waals surface area contributed by atoms with E-state index in [-0.39, 0.29) is 5.82 Å². The number of aliphatic hydroxyl groups is 1. The Balaban J connectivity index is 2.14. The maximum absolute atomic E-state index is 13.0. The summed E-state index contributed by atoms with van der Waals surface area (Å²) in [7, 11) is 0. The molecule has 2 aromatic rings. The van der Waals surface area contributed by atoms with Gasteiger partial charge in [-0.1, -0.05) is 12.1 Å². The second kappa shape index (κ2) is 5.29. The molecule has 1 aromatic heterocycles. The van der Waals surface area contributed by atoms with Crippen molar-refractivity contribution >= 4 is 27.3 Å². The molecule has 0 aliphatic heterocycles. The first-order valence-electron chi connectivity index (χ1n) is 5.24. The first-order chi connectivity index (χ1) is 8.06. The molecule has 0 spiro atoms. The highest BCUT2D eigenvalue weighted by atomic mass is 79.9. The van der Waals surface area contributed by atoms with E-state index in [4.69, 9.17) is 0 Å². The van der Waals surface area contributed by atoms with Gasteiger partial charge in [0.15, 0.2) is 0 Å². The van der Waals surface area contributed by atoms with Gasteiger partial charge < -0.3 is 5.11 Å². The first kappa shape index (κ1) is 12.7. The van der Waals surface area contributed by atoms with E-state index in [2.05, 4.69) is 15.9 Å². The maximum Gasteiger partial charge on any atom is 0.123 e. The van der Waals surface area contributed by atoms with E-state index in [9.17, 15) is 9.50 Å². The fourth-order valence-corrected chi connectivity index (χ4v) is 3.19. The average molecular weight is 315 g/mol. The molecule has 0 aliphatic rings. The van der Waals surface area contributed by atoms with Gasteiger partial charge in [-0.25, -0.2) is 4.39 Å². The van der Waals surface area contributed by atoms with Gasteiger partial charge in [-0.3, -0.25) is 0 Å². The van der Waals surface area contributed by atoms with E-state index in [1.54, 1.807) is 6.07 Å². The predicted octanol–water partition coefficient (Wildman–Crippen LogP) is 4.23. The Kier molecular flexibility index (Phi) is 3.97. The van der Waals surface area contributed by atoms with Crippen molar-refractivity contribution in [2.75, 3.05) is 0 Å². The molecule has 0 bridgehead atoms. The van der Waals surface area contributed by atoms with Crippen LogP contribution in [0.4, 0.5) is 4.39 Å². The highest BCUT2D eigenvalue weighted by Gasteiger charge is 2.13. The van der Waals surface area contributed by atoms with Gasteiger partial charge in [0.05, 0.1) is 9.89 Å². The van der Waals surface area contributed by atoms with Crippen LogP contribution in [0.3, 0.4) is 0 Å². The standard InChI is InChI=1S/C13H12BrFOS/c1-8-5-12(17-13(8)14)11(16)7-9-3-2-4-10(15)6-9/h2-6,11,16H,7H2,1H3. The van der Waals surface area contributed by atoms with Crippen molar-refractivity contribution < 1.29 is 9.50 Å². The van der Waals surface area contributed by atoms with Gasteiger partial charge in [0.2, 0.25) is 0 Å². The lowest BCUT2D eigenvalue weighted by Gasteiger charge is -2.08. The molecule has 2 rings (SSSR count). The Hall–Kier alpha value is -0.710. The number of hydrogen-bond acceptors (Lipinski definition) is 2. The fourth-order valence-electron chi connectivity index (χ4n) is 1.64. The van der Waals surface area contributed by atoms with Gasteiger partial charge in [-0.2, -0.15) is 0 Å². The number of rotatable bonds is 3. The molecule has 1 nitrogen and oxygen atoms in total. The highest BCUT2D eigenvalue weighted by Crippen LogP contribution is 2.32. The smallest absolute Gasteiger partial charge is 0.123 e. The van der Waals surface area contributed by atoms with Crippen LogP contribution < -0.4 is 0 Å². The van der Waals surface area contributed by atoms with E-state index >= 15 is 0 Å². The molecular formula is C13H12BrFOS. The zero-order valence-electron chi connectivity index (χ0n) is 9.28. The Morgan fingerprint density at radius 1 is 1.41 bits per heavy atom. The van der Waals surface area contributed by atoms with Gasteiger partial charge in [-0.15, -0.1) is 11.3 Å². The molecule has 0 amide bonds. The number of thiophene rings is 1. The minimum absolute atomic E-state index is 0.266. The zero-order chi connectivity index (χ0) is 12.4. The molecule has 4 heteroatoms. The van der Waals surface area contributed by atoms with Gasteiger partial charge >= 0.3 is 0 Å². The summed E-state index contributed by atoms with van der Waals surface area (Å²) >= 11 is 4.95. The van der Waals surface area contributed by atoms with Crippen LogP contribution in [0, 0.1) is 12.7 Å². The average Bonchev–Trinajstić information content (AvgIpc) is 2.59. The normalized spacial score (nSPS) is 12.7. The van der Waals surface area contributed by atoms with Crippen molar-refractivity contribution in [2.45, 2.75) is 19.4 Å². The summed E-state index contributed by atoms with van der Waals surface area (Å²) in [5, 5.41) is 10.1. The largest absolute Gasteiger partial charge is 0.387 e. The third-order valence-electron chi connectivity index (χ3n) is 2.52. The number of benzene rings is 1. The van der Waals surface area contributed by atoms with E-state index in [0.29, 0.717) is 6.42 Å². The van der Waals surface area contributed by atoms with E-state index in [1.165, 1.54) is 23.5 Å². The molecule has 1 aromatic carbocycles. The minimum atomic E-state index is -0.577. The van der Waals surface area contributed by atoms with Crippen LogP contribution in [0.15, 0.2) is 34.1 Å². The Labute approximate surface area is 112 Å². The number of aliphatic hydroxyl groups excluding tert-OH is 1. The van der Waals surface area contributed by atoms with Crippen LogP contribution in [0.2, 0.25) is 0 Å². The predicted molar refractivity (Wildman–Crippen MR) is 71.8 cm³/mol. The lowest BCUT2D eigenvalue weighted by molar-refractivity contribution is 0.182. The van der Waals surface area contributed by atoms with Crippen molar-refractivity contribution in [3.63, 3.8) is 0 Å². The van der Waals surface area contributed by atoms with Crippen molar-refractivity contribution in [2.24, 2.45) is 0 Å². The van der Waals surface area contributed by atoms with Crippen molar-refractivity contribution in [3.05, 3.63) is 55.9 Å². The van der Waals surface area contributed by atoms with Crippen LogP contribution in [0.5, 0.6) is 0 Å². The summed E-state index contributed by atoms with van der Waals surface area (Å²) in [6.45, 7) is 1.99. The Morgan fingerprint density at radius 2 is 2.18 bits per heavy atom. The molecule has 1 N–H and O–H groups in total. The van der Waals surface area contributed by atoms with E-state index < -0.39 is 6.10 Å². The van der Waals surface area contributed by atoms with Crippen molar-refractivity contribution in [1.82, 2.24) is 0 Å². The topological polar surface area (TPSA) is 20.2 Å². The molecule has 0 saturated heterocycles. The van der Waals surface area contributed by atoms with Crippen molar-refractivity contribution in [1.29, 1.82) is 0 Å². The lowest BCUT2D eigenvalue weighted by Crippen LogP contribution is -1.99. The Bertz CT molecular complexity index is 504. The van der Waals surface area contributed by atoms with Crippen LogP contribution in [-0.4, -0.2) is 5.11 Å². The van der Waals surface area contributed by atoms with Crippen LogP contribution in [0.1, 0.15) is 22.1 Å². The summed E-state index contributed by atoms with van der Waals surface area (Å²) in [6, 6.07) is 8.30. The molecule has 0 saturated carbocycles. The third kappa shape index (κ3) is 3.15. The van der Waals surface area contributed by atoms with Gasteiger partial charge in [0.1, 0.15) is 5.82 Å². The lowest BCUT2D eigenvalue weighted by atomic mass is 10.1. The zero-order valence-corrected chi connectivity index (χ0v) is 11.7. The fraction of sp³-hybridized carbons (Fsp3) is 0.231. The molecule has 0 aliphatic carbocycles. The highest BCUT2D eigenvalue weighted by molar-refractivity contribution is 9.11. The third-order valence-corrected chi connectivity index (χ3v) is 4.76. The minimum Gasteiger partial charge on any atom is -0.387 e. The molecule has 1 unspecified atom stereocenters. The quantitative estimate of drug-likeness (QED) is 0.898. The second-order valence-corrected chi connectivity index (χ2v) is 6.36. The molecular weight excluding hydrogens is 303 g/mol. The SMILES string of the molecule is Cc1cc(C(O)Cc2cccc(F)c2)sc1Br. The summed E-state index contributed by atoms with van der Waals surface area (Å²) in [6.07, 6.45) is -0.142. The summed E-state index contributed by atoms with van der Waals surface area (Å²) < 4.78 is 14.0. The molecule has 90 valence electrons. The number of halogens is 2. The molecule has 0 radical (unpaired) electrons. The second-order valence-electron chi connectivity index (χ2n) is 3.96. The molecule has 1 heterocycles. The van der Waals surface area contributed by atoms with Crippen molar-refractivity contribution in [3.8, 4) is 0 Å². The van der Waals surface area contributed by atoms with E-state index in [1.807, 2.05) is 19.1 Å². The molecule has 1 atom stereocenters. The summed E-state index contributed by atoms with van der Waals surface area (Å²) in [5.41, 5.74) is 1.92. The molecule has 17 heavy (non-hydrogen) atoms. The van der Waals surface area contributed by atoms with E-state index in [0.717, 1.165) is 19.8 Å².